The highest BCUT2D eigenvalue weighted by Crippen LogP contribution is 2.33. The summed E-state index contributed by atoms with van der Waals surface area (Å²) in [6.07, 6.45) is 0. The third-order valence-electron chi connectivity index (χ3n) is 2.89. The number of hydrogen-bond donors (Lipinski definition) is 1. The molecule has 6 heteroatoms. The van der Waals surface area contributed by atoms with E-state index in [9.17, 15) is 13.2 Å². The molecule has 0 aliphatic heterocycles. The standard InChI is InChI=1S/C14H10BrClF3N/c1-20-14(9-4-7(15)2-3-10(9)16)13-11(18)5-8(17)6-12(13)19/h2-6,14,20H,1H3. The molecule has 0 saturated heterocycles. The first-order valence-electron chi connectivity index (χ1n) is 5.70. The van der Waals surface area contributed by atoms with Crippen molar-refractivity contribution < 1.29 is 13.2 Å². The number of halogens is 5. The summed E-state index contributed by atoms with van der Waals surface area (Å²) in [6, 6.07) is 5.47. The van der Waals surface area contributed by atoms with E-state index in [1.807, 2.05) is 0 Å². The summed E-state index contributed by atoms with van der Waals surface area (Å²) in [7, 11) is 1.55. The van der Waals surface area contributed by atoms with Gasteiger partial charge in [-0.25, -0.2) is 13.2 Å². The second kappa shape index (κ2) is 6.16. The van der Waals surface area contributed by atoms with E-state index >= 15 is 0 Å². The Hall–Kier alpha value is -1.04. The predicted molar refractivity (Wildman–Crippen MR) is 76.4 cm³/mol. The van der Waals surface area contributed by atoms with Gasteiger partial charge in [0.05, 0.1) is 6.04 Å². The van der Waals surface area contributed by atoms with Gasteiger partial charge in [-0.3, -0.25) is 0 Å². The summed E-state index contributed by atoms with van der Waals surface area (Å²) in [5.41, 5.74) is 0.224. The Bertz CT molecular complexity index is 625. The summed E-state index contributed by atoms with van der Waals surface area (Å²) in [5, 5.41) is 3.15. The van der Waals surface area contributed by atoms with Gasteiger partial charge in [-0.15, -0.1) is 0 Å². The molecule has 0 fully saturated rings. The van der Waals surface area contributed by atoms with Crippen LogP contribution in [0, 0.1) is 17.5 Å². The van der Waals surface area contributed by atoms with Crippen LogP contribution in [0.1, 0.15) is 17.2 Å². The Labute approximate surface area is 127 Å². The van der Waals surface area contributed by atoms with Crippen LogP contribution in [0.25, 0.3) is 0 Å². The summed E-state index contributed by atoms with van der Waals surface area (Å²) >= 11 is 9.36. The third-order valence-corrected chi connectivity index (χ3v) is 3.73. The average molecular weight is 365 g/mol. The molecule has 1 unspecified atom stereocenters. The van der Waals surface area contributed by atoms with Gasteiger partial charge >= 0.3 is 0 Å². The average Bonchev–Trinajstić information content (AvgIpc) is 2.37. The Kier molecular flexibility index (Phi) is 4.73. The minimum absolute atomic E-state index is 0.270. The Morgan fingerprint density at radius 1 is 1.10 bits per heavy atom. The van der Waals surface area contributed by atoms with Gasteiger partial charge in [0.2, 0.25) is 0 Å². The highest BCUT2D eigenvalue weighted by molar-refractivity contribution is 9.10. The molecule has 1 atom stereocenters. The van der Waals surface area contributed by atoms with Crippen molar-refractivity contribution in [2.75, 3.05) is 7.05 Å². The second-order valence-electron chi connectivity index (χ2n) is 4.17. The van der Waals surface area contributed by atoms with Crippen LogP contribution in [0.5, 0.6) is 0 Å². The van der Waals surface area contributed by atoms with Crippen molar-refractivity contribution in [1.29, 1.82) is 0 Å². The zero-order valence-electron chi connectivity index (χ0n) is 10.4. The molecule has 1 nitrogen and oxygen atoms in total. The lowest BCUT2D eigenvalue weighted by atomic mass is 9.97. The van der Waals surface area contributed by atoms with E-state index in [1.54, 1.807) is 25.2 Å². The van der Waals surface area contributed by atoms with Gasteiger partial charge in [0, 0.05) is 27.2 Å². The van der Waals surface area contributed by atoms with E-state index in [0.717, 1.165) is 4.47 Å². The number of rotatable bonds is 3. The molecule has 0 aromatic heterocycles. The molecule has 0 heterocycles. The fourth-order valence-electron chi connectivity index (χ4n) is 2.02. The van der Waals surface area contributed by atoms with Crippen LogP contribution in [0.15, 0.2) is 34.8 Å². The smallest absolute Gasteiger partial charge is 0.134 e. The monoisotopic (exact) mass is 363 g/mol. The van der Waals surface area contributed by atoms with Gasteiger partial charge in [0.15, 0.2) is 0 Å². The van der Waals surface area contributed by atoms with Crippen LogP contribution < -0.4 is 5.32 Å². The minimum Gasteiger partial charge on any atom is -0.309 e. The van der Waals surface area contributed by atoms with Crippen molar-refractivity contribution in [3.63, 3.8) is 0 Å². The Morgan fingerprint density at radius 2 is 1.70 bits per heavy atom. The molecular weight excluding hydrogens is 355 g/mol. The molecule has 20 heavy (non-hydrogen) atoms. The highest BCUT2D eigenvalue weighted by atomic mass is 79.9. The molecule has 0 bridgehead atoms. The van der Waals surface area contributed by atoms with Crippen LogP contribution in [0.4, 0.5) is 13.2 Å². The normalized spacial score (nSPS) is 12.5. The molecule has 2 aromatic carbocycles. The minimum atomic E-state index is -0.960. The van der Waals surface area contributed by atoms with Gasteiger partial charge in [-0.2, -0.15) is 0 Å². The maximum absolute atomic E-state index is 13.9. The van der Waals surface area contributed by atoms with Gasteiger partial charge in [-0.1, -0.05) is 27.5 Å². The summed E-state index contributed by atoms with van der Waals surface area (Å²) in [5.74, 6) is -2.88. The quantitative estimate of drug-likeness (QED) is 0.823. The molecule has 0 aliphatic rings. The summed E-state index contributed by atoms with van der Waals surface area (Å²) in [6.45, 7) is 0. The fraction of sp³-hybridized carbons (Fsp3) is 0.143. The molecular formula is C14H10BrClF3N. The predicted octanol–water partition coefficient (Wildman–Crippen LogP) is 4.83. The molecule has 0 spiro atoms. The molecule has 1 N–H and O–H groups in total. The van der Waals surface area contributed by atoms with E-state index in [-0.39, 0.29) is 5.56 Å². The van der Waals surface area contributed by atoms with Crippen molar-refractivity contribution in [2.24, 2.45) is 0 Å². The van der Waals surface area contributed by atoms with Gasteiger partial charge in [0.1, 0.15) is 17.5 Å². The Balaban J connectivity index is 2.61. The maximum Gasteiger partial charge on any atom is 0.134 e. The molecule has 2 rings (SSSR count). The molecule has 106 valence electrons. The van der Waals surface area contributed by atoms with Crippen LogP contribution in [-0.2, 0) is 0 Å². The molecule has 0 aliphatic carbocycles. The lowest BCUT2D eigenvalue weighted by molar-refractivity contribution is 0.500. The van der Waals surface area contributed by atoms with Gasteiger partial charge < -0.3 is 5.32 Å². The number of nitrogens with one attached hydrogen (secondary N) is 1. The SMILES string of the molecule is CNC(c1cc(Br)ccc1Cl)c1c(F)cc(F)cc1F. The van der Waals surface area contributed by atoms with Crippen LogP contribution in [0.3, 0.4) is 0 Å². The van der Waals surface area contributed by atoms with Crippen molar-refractivity contribution >= 4 is 27.5 Å². The lowest BCUT2D eigenvalue weighted by Gasteiger charge is -2.20. The third kappa shape index (κ3) is 3.00. The maximum atomic E-state index is 13.9. The molecule has 2 aromatic rings. The molecule has 0 saturated carbocycles. The van der Waals surface area contributed by atoms with Crippen LogP contribution >= 0.6 is 27.5 Å². The summed E-state index contributed by atoms with van der Waals surface area (Å²) < 4.78 is 41.5. The summed E-state index contributed by atoms with van der Waals surface area (Å²) in [4.78, 5) is 0. The number of hydrogen-bond acceptors (Lipinski definition) is 1. The van der Waals surface area contributed by atoms with Crippen molar-refractivity contribution in [1.82, 2.24) is 5.32 Å². The van der Waals surface area contributed by atoms with E-state index in [2.05, 4.69) is 21.2 Å². The highest BCUT2D eigenvalue weighted by Gasteiger charge is 2.23. The van der Waals surface area contributed by atoms with E-state index < -0.39 is 23.5 Å². The van der Waals surface area contributed by atoms with Crippen molar-refractivity contribution in [3.05, 3.63) is 68.4 Å². The Morgan fingerprint density at radius 3 is 2.25 bits per heavy atom. The molecule has 0 radical (unpaired) electrons. The zero-order valence-corrected chi connectivity index (χ0v) is 12.7. The van der Waals surface area contributed by atoms with E-state index in [0.29, 0.717) is 22.7 Å². The first-order valence-corrected chi connectivity index (χ1v) is 6.87. The fourth-order valence-corrected chi connectivity index (χ4v) is 2.63. The number of benzene rings is 2. The van der Waals surface area contributed by atoms with Crippen LogP contribution in [-0.4, -0.2) is 7.05 Å². The zero-order chi connectivity index (χ0) is 14.9. The van der Waals surface area contributed by atoms with E-state index in [1.165, 1.54) is 0 Å². The second-order valence-corrected chi connectivity index (χ2v) is 5.49. The van der Waals surface area contributed by atoms with Crippen LogP contribution in [0.2, 0.25) is 5.02 Å². The van der Waals surface area contributed by atoms with Crippen molar-refractivity contribution in [2.45, 2.75) is 6.04 Å². The largest absolute Gasteiger partial charge is 0.309 e. The topological polar surface area (TPSA) is 12.0 Å². The van der Waals surface area contributed by atoms with Crippen molar-refractivity contribution in [3.8, 4) is 0 Å². The van der Waals surface area contributed by atoms with Gasteiger partial charge in [-0.05, 0) is 30.8 Å². The van der Waals surface area contributed by atoms with Gasteiger partial charge in [0.25, 0.3) is 0 Å². The lowest BCUT2D eigenvalue weighted by Crippen LogP contribution is -2.21. The first-order chi connectivity index (χ1) is 9.43. The first kappa shape index (κ1) is 15.4. The molecule has 0 amide bonds. The van der Waals surface area contributed by atoms with E-state index in [4.69, 9.17) is 11.6 Å².